The van der Waals surface area contributed by atoms with Crippen LogP contribution in [0.3, 0.4) is 0 Å². The molecule has 0 bridgehead atoms. The Morgan fingerprint density at radius 2 is 2.00 bits per heavy atom. The van der Waals surface area contributed by atoms with Gasteiger partial charge in [0.25, 0.3) is 0 Å². The molecule has 3 heterocycles. The second-order valence-electron chi connectivity index (χ2n) is 4.51. The predicted octanol–water partition coefficient (Wildman–Crippen LogP) is -1.37. The number of aromatic nitrogens is 4. The monoisotopic (exact) mass is 283 g/mol. The first-order valence-electron chi connectivity index (χ1n) is 5.96. The number of piperazine rings is 1. The molecular weight excluding hydrogens is 268 g/mol. The molecule has 0 radical (unpaired) electrons. The van der Waals surface area contributed by atoms with E-state index in [1.807, 2.05) is 12.1 Å². The van der Waals surface area contributed by atoms with Gasteiger partial charge in [0.2, 0.25) is 16.4 Å². The highest BCUT2D eigenvalue weighted by Gasteiger charge is 2.24. The van der Waals surface area contributed by atoms with E-state index in [1.165, 1.54) is 10.6 Å². The van der Waals surface area contributed by atoms with Gasteiger partial charge in [0, 0.05) is 37.3 Å². The summed E-state index contributed by atoms with van der Waals surface area (Å²) in [6, 6.07) is 3.77. The average molecular weight is 283 g/mol. The summed E-state index contributed by atoms with van der Waals surface area (Å²) in [7, 11) is -3.09. The van der Waals surface area contributed by atoms with Gasteiger partial charge in [-0.3, -0.25) is 0 Å². The number of H-pyrrole nitrogens is 1. The van der Waals surface area contributed by atoms with Crippen molar-refractivity contribution in [3.05, 3.63) is 18.5 Å². The fourth-order valence-corrected chi connectivity index (χ4v) is 3.00. The zero-order valence-corrected chi connectivity index (χ0v) is 11.3. The number of sulfonamides is 1. The van der Waals surface area contributed by atoms with E-state index in [4.69, 9.17) is 0 Å². The Bertz CT molecular complexity index is 689. The molecule has 1 saturated heterocycles. The minimum Gasteiger partial charge on any atom is -0.351 e. The van der Waals surface area contributed by atoms with Crippen LogP contribution >= 0.6 is 0 Å². The molecule has 0 unspecified atom stereocenters. The fourth-order valence-electron chi connectivity index (χ4n) is 2.17. The van der Waals surface area contributed by atoms with Crippen LogP contribution in [0.15, 0.2) is 18.5 Å². The van der Waals surface area contributed by atoms with Crippen molar-refractivity contribution in [3.8, 4) is 0 Å². The van der Waals surface area contributed by atoms with Crippen LogP contribution in [-0.2, 0) is 10.0 Å². The number of nitrogens with one attached hydrogen (secondary N) is 1. The van der Waals surface area contributed by atoms with Crippen LogP contribution in [0.2, 0.25) is 0 Å². The minimum atomic E-state index is -3.09. The molecule has 0 aromatic carbocycles. The molecule has 1 aliphatic heterocycles. The molecular formula is C10H15N6O2S+. The van der Waals surface area contributed by atoms with Gasteiger partial charge in [-0.15, -0.1) is 9.61 Å². The third kappa shape index (κ3) is 2.38. The highest BCUT2D eigenvalue weighted by molar-refractivity contribution is 7.88. The molecule has 102 valence electrons. The average Bonchev–Trinajstić information content (AvgIpc) is 2.85. The van der Waals surface area contributed by atoms with Crippen molar-refractivity contribution >= 4 is 21.5 Å². The van der Waals surface area contributed by atoms with E-state index in [1.54, 1.807) is 10.8 Å². The quantitative estimate of drug-likeness (QED) is 0.687. The SMILES string of the molecule is CS(=O)(=O)N1CCN(c2ccc3n[nH]c[n+]3n2)CC1. The number of anilines is 1. The Morgan fingerprint density at radius 3 is 2.68 bits per heavy atom. The summed E-state index contributed by atoms with van der Waals surface area (Å²) in [6.07, 6.45) is 2.92. The molecule has 1 N–H and O–H groups in total. The fraction of sp³-hybridized carbons (Fsp3) is 0.500. The highest BCUT2D eigenvalue weighted by Crippen LogP contribution is 2.13. The zero-order valence-electron chi connectivity index (χ0n) is 10.5. The van der Waals surface area contributed by atoms with E-state index in [-0.39, 0.29) is 0 Å². The van der Waals surface area contributed by atoms with Crippen LogP contribution in [0, 0.1) is 0 Å². The molecule has 3 rings (SSSR count). The molecule has 0 atom stereocenters. The minimum absolute atomic E-state index is 0.495. The number of nitrogens with zero attached hydrogens (tertiary/aromatic N) is 5. The Labute approximate surface area is 110 Å². The second kappa shape index (κ2) is 4.42. The van der Waals surface area contributed by atoms with Gasteiger partial charge in [-0.05, 0) is 6.07 Å². The van der Waals surface area contributed by atoms with Crippen molar-refractivity contribution in [1.82, 2.24) is 19.6 Å². The van der Waals surface area contributed by atoms with E-state index in [2.05, 4.69) is 20.2 Å². The third-order valence-corrected chi connectivity index (χ3v) is 4.52. The number of hydrogen-bond donors (Lipinski definition) is 1. The lowest BCUT2D eigenvalue weighted by molar-refractivity contribution is -0.579. The van der Waals surface area contributed by atoms with E-state index in [0.717, 1.165) is 11.5 Å². The van der Waals surface area contributed by atoms with E-state index in [0.29, 0.717) is 26.2 Å². The molecule has 0 amide bonds. The normalized spacial score (nSPS) is 18.1. The van der Waals surface area contributed by atoms with Crippen molar-refractivity contribution < 1.29 is 12.9 Å². The largest absolute Gasteiger partial charge is 0.351 e. The summed E-state index contributed by atoms with van der Waals surface area (Å²) in [4.78, 5) is 2.07. The molecule has 0 spiro atoms. The maximum Gasteiger partial charge on any atom is 0.325 e. The van der Waals surface area contributed by atoms with Gasteiger partial charge in [0.05, 0.1) is 6.26 Å². The van der Waals surface area contributed by atoms with Crippen LogP contribution in [0.5, 0.6) is 0 Å². The zero-order chi connectivity index (χ0) is 13.5. The molecule has 2 aromatic heterocycles. The Kier molecular flexibility index (Phi) is 2.86. The molecule has 9 heteroatoms. The summed E-state index contributed by atoms with van der Waals surface area (Å²) in [5.41, 5.74) is 0.749. The molecule has 1 aliphatic rings. The first kappa shape index (κ1) is 12.3. The summed E-state index contributed by atoms with van der Waals surface area (Å²) in [6.45, 7) is 2.27. The van der Waals surface area contributed by atoms with Gasteiger partial charge in [0.1, 0.15) is 0 Å². The van der Waals surface area contributed by atoms with Crippen LogP contribution in [-0.4, -0.2) is 60.5 Å². The number of hydrogen-bond acceptors (Lipinski definition) is 5. The first-order chi connectivity index (χ1) is 9.04. The van der Waals surface area contributed by atoms with Crippen LogP contribution in [0.25, 0.3) is 5.65 Å². The van der Waals surface area contributed by atoms with Crippen LogP contribution < -0.4 is 9.42 Å². The van der Waals surface area contributed by atoms with Crippen molar-refractivity contribution in [2.75, 3.05) is 37.3 Å². The van der Waals surface area contributed by atoms with Crippen molar-refractivity contribution in [2.24, 2.45) is 0 Å². The van der Waals surface area contributed by atoms with Gasteiger partial charge in [-0.1, -0.05) is 5.10 Å². The van der Waals surface area contributed by atoms with E-state index >= 15 is 0 Å². The van der Waals surface area contributed by atoms with Gasteiger partial charge in [-0.25, -0.2) is 8.42 Å². The van der Waals surface area contributed by atoms with Gasteiger partial charge in [-0.2, -0.15) is 4.31 Å². The summed E-state index contributed by atoms with van der Waals surface area (Å²) >= 11 is 0. The molecule has 0 saturated carbocycles. The lowest BCUT2D eigenvalue weighted by Gasteiger charge is -2.33. The first-order valence-corrected chi connectivity index (χ1v) is 7.81. The van der Waals surface area contributed by atoms with Gasteiger partial charge < -0.3 is 4.90 Å². The van der Waals surface area contributed by atoms with E-state index in [9.17, 15) is 8.42 Å². The molecule has 8 nitrogen and oxygen atoms in total. The van der Waals surface area contributed by atoms with Crippen LogP contribution in [0.1, 0.15) is 0 Å². The lowest BCUT2D eigenvalue weighted by atomic mass is 10.3. The van der Waals surface area contributed by atoms with E-state index < -0.39 is 10.0 Å². The maximum absolute atomic E-state index is 11.4. The summed E-state index contributed by atoms with van der Waals surface area (Å²) < 4.78 is 26.0. The lowest BCUT2D eigenvalue weighted by Crippen LogP contribution is -2.49. The molecule has 19 heavy (non-hydrogen) atoms. The van der Waals surface area contributed by atoms with Crippen molar-refractivity contribution in [3.63, 3.8) is 0 Å². The maximum atomic E-state index is 11.4. The number of aromatic amines is 1. The Morgan fingerprint density at radius 1 is 1.26 bits per heavy atom. The van der Waals surface area contributed by atoms with Gasteiger partial charge >= 0.3 is 5.65 Å². The smallest absolute Gasteiger partial charge is 0.325 e. The highest BCUT2D eigenvalue weighted by atomic mass is 32.2. The number of rotatable bonds is 2. The molecule has 1 fully saturated rings. The van der Waals surface area contributed by atoms with Crippen molar-refractivity contribution in [2.45, 2.75) is 0 Å². The summed E-state index contributed by atoms with van der Waals surface area (Å²) in [5, 5.41) is 11.2. The predicted molar refractivity (Wildman–Crippen MR) is 68.2 cm³/mol. The third-order valence-electron chi connectivity index (χ3n) is 3.22. The van der Waals surface area contributed by atoms with Crippen molar-refractivity contribution in [1.29, 1.82) is 0 Å². The van der Waals surface area contributed by atoms with Gasteiger partial charge in [0.15, 0.2) is 5.82 Å². The topological polar surface area (TPSA) is 86.3 Å². The second-order valence-corrected chi connectivity index (χ2v) is 6.50. The molecule has 0 aliphatic carbocycles. The van der Waals surface area contributed by atoms with Crippen LogP contribution in [0.4, 0.5) is 5.82 Å². The molecule has 2 aromatic rings. The Hall–Kier alpha value is -1.74. The summed E-state index contributed by atoms with van der Waals surface area (Å²) in [5.74, 6) is 0.826. The standard InChI is InChI=1S/C10H14N6O2S/c1-19(17,18)15-6-4-14(5-7-15)10-3-2-9-12-11-8-16(9)13-10/h2-3,8H,4-7H2,1H3/p+1. The number of fused-ring (bicyclic) bond motifs is 1. The Balaban J connectivity index is 1.77.